The predicted octanol–water partition coefficient (Wildman–Crippen LogP) is 5.55. The highest BCUT2D eigenvalue weighted by molar-refractivity contribution is 6.31. The van der Waals surface area contributed by atoms with Gasteiger partial charge in [-0.25, -0.2) is 4.98 Å². The van der Waals surface area contributed by atoms with Crippen molar-refractivity contribution in [3.8, 4) is 11.6 Å². The van der Waals surface area contributed by atoms with Crippen molar-refractivity contribution in [1.29, 1.82) is 0 Å². The minimum Gasteiger partial charge on any atom is -0.439 e. The van der Waals surface area contributed by atoms with Crippen LogP contribution in [-0.2, 0) is 0 Å². The zero-order chi connectivity index (χ0) is 19.5. The molecule has 2 unspecified atom stereocenters. The molecule has 0 bridgehead atoms. The van der Waals surface area contributed by atoms with E-state index < -0.39 is 6.10 Å². The van der Waals surface area contributed by atoms with Crippen LogP contribution in [0.5, 0.6) is 11.6 Å². The number of rotatable bonds is 5. The Morgan fingerprint density at radius 2 is 2.00 bits per heavy atom. The van der Waals surface area contributed by atoms with Crippen LogP contribution in [0.1, 0.15) is 42.9 Å². The summed E-state index contributed by atoms with van der Waals surface area (Å²) in [6, 6.07) is 15.6. The van der Waals surface area contributed by atoms with Crippen LogP contribution in [0.3, 0.4) is 0 Å². The first-order chi connectivity index (χ1) is 13.6. The number of nitrogens with zero attached hydrogens (tertiary/aromatic N) is 1. The number of hydrogen-bond acceptors (Lipinski definition) is 4. The molecule has 2 N–H and O–H groups in total. The standard InChI is InChI=1S/C23H25ClN2O2/c1-15-5-8-18(9-6-15)28-23-14-20(19-12-16(24)7-10-21(19)26-23)22(27)13-17-4-2-3-11-25-17/h5-10,12,14,17,22,25,27H,2-4,11,13H2,1H3. The molecule has 2 aromatic carbocycles. The van der Waals surface area contributed by atoms with E-state index in [2.05, 4.69) is 10.3 Å². The van der Waals surface area contributed by atoms with E-state index in [0.29, 0.717) is 23.4 Å². The first kappa shape index (κ1) is 19.2. The minimum absolute atomic E-state index is 0.326. The van der Waals surface area contributed by atoms with Gasteiger partial charge in [0.1, 0.15) is 5.75 Å². The zero-order valence-electron chi connectivity index (χ0n) is 16.0. The van der Waals surface area contributed by atoms with Crippen molar-refractivity contribution in [3.05, 3.63) is 64.7 Å². The van der Waals surface area contributed by atoms with E-state index >= 15 is 0 Å². The Bertz CT molecular complexity index is 953. The number of fused-ring (bicyclic) bond motifs is 1. The molecule has 0 saturated carbocycles. The molecule has 0 aliphatic carbocycles. The van der Waals surface area contributed by atoms with Crippen LogP contribution in [0.4, 0.5) is 0 Å². The van der Waals surface area contributed by atoms with Gasteiger partial charge in [-0.1, -0.05) is 35.7 Å². The first-order valence-electron chi connectivity index (χ1n) is 9.85. The van der Waals surface area contributed by atoms with E-state index in [9.17, 15) is 5.11 Å². The number of piperidine rings is 1. The zero-order valence-corrected chi connectivity index (χ0v) is 16.7. The summed E-state index contributed by atoms with van der Waals surface area (Å²) < 4.78 is 5.98. The molecule has 0 radical (unpaired) electrons. The molecule has 4 nitrogen and oxygen atoms in total. The van der Waals surface area contributed by atoms with Crippen molar-refractivity contribution in [2.45, 2.75) is 44.8 Å². The number of aliphatic hydroxyl groups excluding tert-OH is 1. The summed E-state index contributed by atoms with van der Waals surface area (Å²) in [7, 11) is 0. The molecule has 1 aliphatic heterocycles. The van der Waals surface area contributed by atoms with Crippen LogP contribution < -0.4 is 10.1 Å². The maximum atomic E-state index is 11.0. The molecule has 0 amide bonds. The summed E-state index contributed by atoms with van der Waals surface area (Å²) in [5, 5.41) is 16.0. The Kier molecular flexibility index (Phi) is 5.81. The van der Waals surface area contributed by atoms with E-state index in [1.165, 1.54) is 18.4 Å². The summed E-state index contributed by atoms with van der Waals surface area (Å²) in [5.41, 5.74) is 2.74. The molecular weight excluding hydrogens is 372 g/mol. The normalized spacial score (nSPS) is 18.2. The van der Waals surface area contributed by atoms with Gasteiger partial charge in [0.15, 0.2) is 0 Å². The van der Waals surface area contributed by atoms with Gasteiger partial charge in [0.25, 0.3) is 0 Å². The van der Waals surface area contributed by atoms with E-state index in [1.807, 2.05) is 55.5 Å². The second-order valence-electron chi connectivity index (χ2n) is 7.52. The van der Waals surface area contributed by atoms with Gasteiger partial charge in [-0.05, 0) is 68.6 Å². The summed E-state index contributed by atoms with van der Waals surface area (Å²) in [5.74, 6) is 1.20. The quantitative estimate of drug-likeness (QED) is 0.593. The first-order valence-corrected chi connectivity index (χ1v) is 10.2. The van der Waals surface area contributed by atoms with Crippen molar-refractivity contribution in [2.24, 2.45) is 0 Å². The van der Waals surface area contributed by atoms with Crippen molar-refractivity contribution < 1.29 is 9.84 Å². The van der Waals surface area contributed by atoms with Crippen LogP contribution in [0.25, 0.3) is 10.9 Å². The van der Waals surface area contributed by atoms with Crippen LogP contribution in [0.2, 0.25) is 5.02 Å². The van der Waals surface area contributed by atoms with E-state index in [-0.39, 0.29) is 0 Å². The number of nitrogens with one attached hydrogen (secondary N) is 1. The highest BCUT2D eigenvalue weighted by Gasteiger charge is 2.21. The molecule has 146 valence electrons. The van der Waals surface area contributed by atoms with Gasteiger partial charge in [-0.3, -0.25) is 0 Å². The van der Waals surface area contributed by atoms with Crippen LogP contribution in [0, 0.1) is 6.92 Å². The third-order valence-electron chi connectivity index (χ3n) is 5.30. The van der Waals surface area contributed by atoms with E-state index in [4.69, 9.17) is 16.3 Å². The summed E-state index contributed by atoms with van der Waals surface area (Å²) in [6.07, 6.45) is 3.55. The lowest BCUT2D eigenvalue weighted by Gasteiger charge is -2.26. The molecule has 2 heterocycles. The van der Waals surface area contributed by atoms with Gasteiger partial charge in [-0.15, -0.1) is 0 Å². The molecule has 28 heavy (non-hydrogen) atoms. The second-order valence-corrected chi connectivity index (χ2v) is 7.96. The number of aryl methyl sites for hydroxylation is 1. The topological polar surface area (TPSA) is 54.4 Å². The molecule has 1 aliphatic rings. The number of aliphatic hydroxyl groups is 1. The van der Waals surface area contributed by atoms with Crippen molar-refractivity contribution in [2.75, 3.05) is 6.54 Å². The molecule has 2 atom stereocenters. The molecular formula is C23H25ClN2O2. The Morgan fingerprint density at radius 3 is 2.75 bits per heavy atom. The number of aromatic nitrogens is 1. The Balaban J connectivity index is 1.67. The highest BCUT2D eigenvalue weighted by atomic mass is 35.5. The molecule has 1 aromatic heterocycles. The van der Waals surface area contributed by atoms with Gasteiger partial charge in [0.2, 0.25) is 5.88 Å². The molecule has 1 fully saturated rings. The van der Waals surface area contributed by atoms with E-state index in [1.54, 1.807) is 0 Å². The van der Waals surface area contributed by atoms with Crippen molar-refractivity contribution in [3.63, 3.8) is 0 Å². The fourth-order valence-corrected chi connectivity index (χ4v) is 3.95. The van der Waals surface area contributed by atoms with Crippen LogP contribution in [-0.4, -0.2) is 22.7 Å². The minimum atomic E-state index is -0.611. The second kappa shape index (κ2) is 8.48. The lowest BCUT2D eigenvalue weighted by molar-refractivity contribution is 0.145. The largest absolute Gasteiger partial charge is 0.439 e. The van der Waals surface area contributed by atoms with Crippen molar-refractivity contribution in [1.82, 2.24) is 10.3 Å². The number of pyridine rings is 1. The fourth-order valence-electron chi connectivity index (χ4n) is 3.78. The Hall–Kier alpha value is -2.14. The van der Waals surface area contributed by atoms with Crippen molar-refractivity contribution >= 4 is 22.5 Å². The highest BCUT2D eigenvalue weighted by Crippen LogP contribution is 2.33. The Morgan fingerprint density at radius 1 is 1.18 bits per heavy atom. The SMILES string of the molecule is Cc1ccc(Oc2cc(C(O)CC3CCCCN3)c3cc(Cl)ccc3n2)cc1. The molecule has 3 aromatic rings. The third-order valence-corrected chi connectivity index (χ3v) is 5.54. The summed E-state index contributed by atoms with van der Waals surface area (Å²) in [4.78, 5) is 4.62. The molecule has 4 rings (SSSR count). The number of hydrogen-bond donors (Lipinski definition) is 2. The van der Waals surface area contributed by atoms with Gasteiger partial charge in [-0.2, -0.15) is 0 Å². The van der Waals surface area contributed by atoms with Gasteiger partial charge in [0, 0.05) is 22.5 Å². The molecule has 0 spiro atoms. The molecule has 5 heteroatoms. The lowest BCUT2D eigenvalue weighted by atomic mass is 9.94. The van der Waals surface area contributed by atoms with Gasteiger partial charge in [0.05, 0.1) is 11.6 Å². The lowest BCUT2D eigenvalue weighted by Crippen LogP contribution is -2.35. The summed E-state index contributed by atoms with van der Waals surface area (Å²) >= 11 is 6.22. The number of halogens is 1. The van der Waals surface area contributed by atoms with Crippen LogP contribution in [0.15, 0.2) is 48.5 Å². The average molecular weight is 397 g/mol. The predicted molar refractivity (Wildman–Crippen MR) is 113 cm³/mol. The Labute approximate surface area is 170 Å². The fraction of sp³-hybridized carbons (Fsp3) is 0.348. The van der Waals surface area contributed by atoms with Crippen LogP contribution >= 0.6 is 11.6 Å². The average Bonchev–Trinajstić information content (AvgIpc) is 2.70. The smallest absolute Gasteiger partial charge is 0.220 e. The monoisotopic (exact) mass is 396 g/mol. The van der Waals surface area contributed by atoms with E-state index in [0.717, 1.165) is 35.2 Å². The maximum absolute atomic E-state index is 11.0. The number of benzene rings is 2. The number of ether oxygens (including phenoxy) is 1. The maximum Gasteiger partial charge on any atom is 0.220 e. The summed E-state index contributed by atoms with van der Waals surface area (Å²) in [6.45, 7) is 3.05. The third kappa shape index (κ3) is 4.46. The molecule has 1 saturated heterocycles. The van der Waals surface area contributed by atoms with Gasteiger partial charge >= 0.3 is 0 Å². The van der Waals surface area contributed by atoms with Gasteiger partial charge < -0.3 is 15.2 Å².